The Bertz CT molecular complexity index is 3100. The average Bonchev–Trinajstić information content (AvgIpc) is 1.83. The standard InChI is InChI=1S/C60H79ClF2N10O11S/c1-37(39-15-17-40(18-16-39)52-38(2)65-36-85-52)66-55(77)44-13-11-21-73(44)56(78)53(59(3,4)5)67-46(75)35-83-33-32-82-31-30-81-29-28-80-27-26-70(9)47(76)19-20-64-57-68-51-41(34-42(61)48(50(51)63)49-43(62)12-10-14-45(49)74)54(69-57)71-22-24-72(25-23-71)58(79)84-60(6,7)8/h10,12,14-18,34,36-37,44,53,74H,11,13,19-33,35H2,1-9H3,(H,66,77)(H,67,75)(H,64,68,69)/t37-,44-,53+/m0/s1. The van der Waals surface area contributed by atoms with Gasteiger partial charge < -0.3 is 64.3 Å². The summed E-state index contributed by atoms with van der Waals surface area (Å²) in [6.07, 6.45) is 0.743. The van der Waals surface area contributed by atoms with E-state index in [2.05, 4.69) is 25.9 Å². The van der Waals surface area contributed by atoms with Crippen LogP contribution in [0.2, 0.25) is 5.02 Å². The molecule has 0 unspecified atom stereocenters. The van der Waals surface area contributed by atoms with Crippen LogP contribution < -0.4 is 20.9 Å². The Kier molecular flexibility index (Phi) is 23.2. The van der Waals surface area contributed by atoms with Gasteiger partial charge in [0.1, 0.15) is 47.2 Å². The molecule has 0 bridgehead atoms. The number of aromatic nitrogens is 3. The number of nitrogens with zero attached hydrogens (tertiary/aromatic N) is 7. The summed E-state index contributed by atoms with van der Waals surface area (Å²) in [5.41, 5.74) is 2.46. The van der Waals surface area contributed by atoms with E-state index in [1.807, 2.05) is 69.3 Å². The fourth-order valence-electron chi connectivity index (χ4n) is 9.75. The number of amides is 5. The molecule has 0 saturated carbocycles. The lowest BCUT2D eigenvalue weighted by molar-refractivity contribution is -0.144. The number of nitrogens with one attached hydrogen (secondary N) is 3. The van der Waals surface area contributed by atoms with E-state index >= 15 is 8.78 Å². The fourth-order valence-corrected chi connectivity index (χ4v) is 10.9. The van der Waals surface area contributed by atoms with E-state index in [0.717, 1.165) is 27.8 Å². The normalized spacial score (nSPS) is 15.4. The number of carbonyl (C=O) groups is 5. The highest BCUT2D eigenvalue weighted by molar-refractivity contribution is 7.13. The smallest absolute Gasteiger partial charge is 0.410 e. The number of thiazole rings is 1. The second kappa shape index (κ2) is 30.0. The summed E-state index contributed by atoms with van der Waals surface area (Å²) in [5.74, 6) is -3.32. The van der Waals surface area contributed by atoms with Crippen LogP contribution in [0.15, 0.2) is 54.0 Å². The van der Waals surface area contributed by atoms with Crippen LogP contribution in [0.25, 0.3) is 32.5 Å². The van der Waals surface area contributed by atoms with Crippen molar-refractivity contribution < 1.29 is 61.5 Å². The molecule has 4 heterocycles. The lowest BCUT2D eigenvalue weighted by atomic mass is 9.85. The number of rotatable bonds is 26. The van der Waals surface area contributed by atoms with Gasteiger partial charge in [-0.3, -0.25) is 19.2 Å². The maximum absolute atomic E-state index is 16.6. The first-order chi connectivity index (χ1) is 40.4. The molecule has 2 aliphatic heterocycles. The number of phenols is 1. The lowest BCUT2D eigenvalue weighted by Gasteiger charge is -2.36. The minimum atomic E-state index is -0.981. The second-order valence-electron chi connectivity index (χ2n) is 23.0. The predicted molar refractivity (Wildman–Crippen MR) is 321 cm³/mol. The summed E-state index contributed by atoms with van der Waals surface area (Å²) < 4.78 is 59.7. The number of aryl methyl sites for hydroxylation is 1. The van der Waals surface area contributed by atoms with Crippen molar-refractivity contribution in [1.82, 2.24) is 40.3 Å². The van der Waals surface area contributed by atoms with Crippen molar-refractivity contribution in [2.45, 2.75) is 98.4 Å². The maximum atomic E-state index is 16.6. The molecule has 462 valence electrons. The number of anilines is 2. The molecule has 85 heavy (non-hydrogen) atoms. The summed E-state index contributed by atoms with van der Waals surface area (Å²) in [6.45, 7) is 18.2. The number of aromatic hydroxyl groups is 1. The van der Waals surface area contributed by atoms with Crippen LogP contribution in [0.1, 0.15) is 85.0 Å². The predicted octanol–water partition coefficient (Wildman–Crippen LogP) is 8.15. The second-order valence-corrected chi connectivity index (χ2v) is 24.2. The molecule has 5 aromatic rings. The van der Waals surface area contributed by atoms with Gasteiger partial charge in [0.2, 0.25) is 29.6 Å². The molecule has 2 fully saturated rings. The third-order valence-electron chi connectivity index (χ3n) is 14.3. The van der Waals surface area contributed by atoms with Gasteiger partial charge in [-0.15, -0.1) is 11.3 Å². The molecule has 4 N–H and O–H groups in total. The van der Waals surface area contributed by atoms with Gasteiger partial charge in [-0.05, 0) is 82.2 Å². The Morgan fingerprint density at radius 1 is 0.859 bits per heavy atom. The first kappa shape index (κ1) is 65.7. The van der Waals surface area contributed by atoms with Gasteiger partial charge in [-0.1, -0.05) is 62.7 Å². The van der Waals surface area contributed by atoms with Crippen molar-refractivity contribution in [2.24, 2.45) is 5.41 Å². The molecule has 2 aliphatic rings. The molecular weight excluding hydrogens is 1140 g/mol. The Labute approximate surface area is 504 Å². The van der Waals surface area contributed by atoms with E-state index in [0.29, 0.717) is 44.8 Å². The zero-order chi connectivity index (χ0) is 61.6. The van der Waals surface area contributed by atoms with Gasteiger partial charge in [0.15, 0.2) is 5.82 Å². The molecule has 0 spiro atoms. The van der Waals surface area contributed by atoms with Gasteiger partial charge in [0.05, 0.1) is 79.0 Å². The number of fused-ring (bicyclic) bond motifs is 1. The van der Waals surface area contributed by atoms with Crippen molar-refractivity contribution in [3.8, 4) is 27.3 Å². The number of carbonyl (C=O) groups excluding carboxylic acids is 5. The summed E-state index contributed by atoms with van der Waals surface area (Å²) in [7, 11) is 1.64. The van der Waals surface area contributed by atoms with Gasteiger partial charge in [0.25, 0.3) is 0 Å². The van der Waals surface area contributed by atoms with Crippen LogP contribution in [0, 0.1) is 24.0 Å². The Morgan fingerprint density at radius 3 is 2.14 bits per heavy atom. The largest absolute Gasteiger partial charge is 0.507 e. The number of likely N-dealkylation sites (tertiary alicyclic amines) is 1. The molecule has 25 heteroatoms. The number of halogens is 3. The molecule has 2 aromatic heterocycles. The highest BCUT2D eigenvalue weighted by atomic mass is 35.5. The van der Waals surface area contributed by atoms with Gasteiger partial charge >= 0.3 is 6.09 Å². The van der Waals surface area contributed by atoms with Crippen LogP contribution in [-0.4, -0.2) is 188 Å². The third-order valence-corrected chi connectivity index (χ3v) is 15.6. The van der Waals surface area contributed by atoms with Gasteiger partial charge in [0, 0.05) is 70.2 Å². The maximum Gasteiger partial charge on any atom is 0.410 e. The molecule has 3 aromatic carbocycles. The van der Waals surface area contributed by atoms with Gasteiger partial charge in [-0.2, -0.15) is 4.98 Å². The van der Waals surface area contributed by atoms with Crippen LogP contribution in [0.4, 0.5) is 25.3 Å². The number of hydrogen-bond donors (Lipinski definition) is 4. The molecule has 21 nitrogen and oxygen atoms in total. The summed E-state index contributed by atoms with van der Waals surface area (Å²) in [4.78, 5) is 87.8. The topological polar surface area (TPSA) is 239 Å². The monoisotopic (exact) mass is 1220 g/mol. The summed E-state index contributed by atoms with van der Waals surface area (Å²) in [6, 6.07) is 11.2. The number of phenolic OH excluding ortho intramolecular Hbond substituents is 1. The Morgan fingerprint density at radius 2 is 1.52 bits per heavy atom. The highest BCUT2D eigenvalue weighted by Gasteiger charge is 2.42. The summed E-state index contributed by atoms with van der Waals surface area (Å²) >= 11 is 8.20. The average molecular weight is 1220 g/mol. The first-order valence-electron chi connectivity index (χ1n) is 28.5. The number of hydrogen-bond acceptors (Lipinski definition) is 17. The number of ether oxygens (including phenoxy) is 5. The minimum absolute atomic E-state index is 0.0100. The number of benzene rings is 3. The van der Waals surface area contributed by atoms with Crippen molar-refractivity contribution in [2.75, 3.05) is 116 Å². The van der Waals surface area contributed by atoms with E-state index < -0.39 is 58.0 Å². The van der Waals surface area contributed by atoms with Gasteiger partial charge in [-0.25, -0.2) is 23.5 Å². The zero-order valence-corrected chi connectivity index (χ0v) is 51.4. The Balaban J connectivity index is 0.773. The van der Waals surface area contributed by atoms with Crippen molar-refractivity contribution in [3.05, 3.63) is 82.0 Å². The molecule has 5 amide bonds. The van der Waals surface area contributed by atoms with Crippen LogP contribution in [-0.2, 0) is 42.9 Å². The van der Waals surface area contributed by atoms with E-state index in [-0.39, 0.29) is 130 Å². The number of likely N-dealkylation sites (N-methyl/N-ethyl adjacent to an activating group) is 1. The first-order valence-corrected chi connectivity index (χ1v) is 29.8. The highest BCUT2D eigenvalue weighted by Crippen LogP contribution is 2.43. The quantitative estimate of drug-likeness (QED) is 0.0382. The molecule has 7 rings (SSSR count). The SMILES string of the molecule is Cc1ncsc1-c1ccc([C@H](C)NC(=O)[C@@H]2CCCN2C(=O)[C@@H](NC(=O)COCCOCCOCCOCCN(C)C(=O)CCNc2nc(N3CCN(C(=O)OC(C)(C)C)CC3)c3cc(Cl)c(-c4c(O)cccc4F)c(F)c3n2)C(C)(C)C)cc1. The van der Waals surface area contributed by atoms with Crippen molar-refractivity contribution >= 4 is 75.3 Å². The molecule has 0 aliphatic carbocycles. The van der Waals surface area contributed by atoms with Crippen LogP contribution in [0.3, 0.4) is 0 Å². The van der Waals surface area contributed by atoms with Crippen molar-refractivity contribution in [1.29, 1.82) is 0 Å². The minimum Gasteiger partial charge on any atom is -0.507 e. The molecule has 0 radical (unpaired) electrons. The molecule has 2 saturated heterocycles. The number of piperazine rings is 1. The lowest BCUT2D eigenvalue weighted by Crippen LogP contribution is -2.58. The molecular formula is C60H79ClF2N10O11S. The molecule has 3 atom stereocenters. The van der Waals surface area contributed by atoms with E-state index in [9.17, 15) is 29.1 Å². The van der Waals surface area contributed by atoms with Crippen LogP contribution >= 0.6 is 22.9 Å². The van der Waals surface area contributed by atoms with E-state index in [4.69, 9.17) is 40.3 Å². The summed E-state index contributed by atoms with van der Waals surface area (Å²) in [5, 5.41) is 19.6. The fraction of sp³-hybridized carbons (Fsp3) is 0.533. The van der Waals surface area contributed by atoms with Crippen LogP contribution in [0.5, 0.6) is 5.75 Å². The Hall–Kier alpha value is -6.83. The van der Waals surface area contributed by atoms with E-state index in [1.54, 1.807) is 49.0 Å². The third kappa shape index (κ3) is 17.9. The van der Waals surface area contributed by atoms with E-state index in [1.165, 1.54) is 23.1 Å². The zero-order valence-electron chi connectivity index (χ0n) is 49.9. The van der Waals surface area contributed by atoms with Crippen molar-refractivity contribution in [3.63, 3.8) is 0 Å².